The Hall–Kier alpha value is -2.75. The summed E-state index contributed by atoms with van der Waals surface area (Å²) < 4.78 is 0. The average Bonchev–Trinajstić information content (AvgIpc) is 2.46. The van der Waals surface area contributed by atoms with Crippen LogP contribution < -0.4 is 0 Å². The van der Waals surface area contributed by atoms with Crippen molar-refractivity contribution in [1.29, 1.82) is 0 Å². The third-order valence-electron chi connectivity index (χ3n) is 3.09. The molecule has 1 heterocycles. The van der Waals surface area contributed by atoms with Gasteiger partial charge in [0.2, 0.25) is 0 Å². The molecule has 20 heavy (non-hydrogen) atoms. The lowest BCUT2D eigenvalue weighted by molar-refractivity contribution is -0.385. The Morgan fingerprint density at radius 2 is 1.85 bits per heavy atom. The molecule has 0 amide bonds. The smallest absolute Gasteiger partial charge is 0.261 e. The minimum absolute atomic E-state index is 0.0266. The Balaban J connectivity index is 2.72. The maximum atomic E-state index is 11.1. The van der Waals surface area contributed by atoms with Gasteiger partial charge in [-0.15, -0.1) is 0 Å². The Kier molecular flexibility index (Phi) is 3.75. The normalized spacial score (nSPS) is 10.1. The molecule has 0 radical (unpaired) electrons. The average molecular weight is 266 g/mol. The number of hydrogen-bond acceptors (Lipinski definition) is 3. The van der Waals surface area contributed by atoms with Crippen LogP contribution in [0.4, 0.5) is 5.69 Å². The third-order valence-corrected chi connectivity index (χ3v) is 3.09. The van der Waals surface area contributed by atoms with Gasteiger partial charge in [-0.05, 0) is 30.2 Å². The lowest BCUT2D eigenvalue weighted by Crippen LogP contribution is -1.96. The molecule has 0 aliphatic heterocycles. The van der Waals surface area contributed by atoms with Gasteiger partial charge in [0.05, 0.1) is 10.5 Å². The maximum absolute atomic E-state index is 11.1. The van der Waals surface area contributed by atoms with Crippen LogP contribution in [0.25, 0.3) is 23.3 Å². The molecule has 0 N–H and O–H groups in total. The zero-order chi connectivity index (χ0) is 14.7. The van der Waals surface area contributed by atoms with Crippen LogP contribution in [0.2, 0.25) is 0 Å². The van der Waals surface area contributed by atoms with Crippen LogP contribution >= 0.6 is 0 Å². The van der Waals surface area contributed by atoms with Crippen LogP contribution in [0.15, 0.2) is 43.6 Å². The Morgan fingerprint density at radius 3 is 2.35 bits per heavy atom. The van der Waals surface area contributed by atoms with E-state index in [0.717, 1.165) is 16.8 Å². The molecule has 0 saturated heterocycles. The molecule has 0 fully saturated rings. The molecule has 4 nitrogen and oxygen atoms in total. The van der Waals surface area contributed by atoms with Gasteiger partial charge in [-0.2, -0.15) is 0 Å². The summed E-state index contributed by atoms with van der Waals surface area (Å²) in [6.45, 7) is 9.32. The number of aryl methyl sites for hydroxylation is 1. The van der Waals surface area contributed by atoms with E-state index in [9.17, 15) is 10.1 Å². The molecule has 0 aliphatic carbocycles. The van der Waals surface area contributed by atoms with Crippen molar-refractivity contribution in [2.75, 3.05) is 0 Å². The van der Waals surface area contributed by atoms with Crippen LogP contribution in [-0.2, 0) is 0 Å². The quantitative estimate of drug-likeness (QED) is 0.614. The lowest BCUT2D eigenvalue weighted by Gasteiger charge is -2.10. The molecule has 4 heteroatoms. The maximum Gasteiger partial charge on any atom is 0.277 e. The first kappa shape index (κ1) is 13.7. The molecule has 2 aromatic rings. The zero-order valence-electron chi connectivity index (χ0n) is 11.2. The summed E-state index contributed by atoms with van der Waals surface area (Å²) in [5.74, 6) is 0. The number of benzene rings is 1. The van der Waals surface area contributed by atoms with Crippen molar-refractivity contribution in [3.8, 4) is 11.1 Å². The van der Waals surface area contributed by atoms with E-state index in [2.05, 4.69) is 18.1 Å². The molecule has 1 aromatic carbocycles. The number of rotatable bonds is 4. The zero-order valence-corrected chi connectivity index (χ0v) is 11.2. The van der Waals surface area contributed by atoms with E-state index in [1.165, 1.54) is 12.1 Å². The van der Waals surface area contributed by atoms with E-state index < -0.39 is 4.92 Å². The lowest BCUT2D eigenvalue weighted by atomic mass is 9.95. The van der Waals surface area contributed by atoms with Crippen LogP contribution in [0.3, 0.4) is 0 Å². The number of aromatic nitrogens is 1. The van der Waals surface area contributed by atoms with Crippen molar-refractivity contribution in [3.05, 3.63) is 70.6 Å². The summed E-state index contributed by atoms with van der Waals surface area (Å²) in [6, 6.07) is 7.04. The highest BCUT2D eigenvalue weighted by atomic mass is 16.6. The van der Waals surface area contributed by atoms with Gasteiger partial charge in [-0.25, -0.2) is 0 Å². The first-order chi connectivity index (χ1) is 9.58. The van der Waals surface area contributed by atoms with E-state index in [0.29, 0.717) is 11.1 Å². The number of nitrogens with zero attached hydrogens (tertiary/aromatic N) is 2. The standard InChI is InChI=1S/C16H14N2O2/c1-4-13-14(5-2)16(18(19)20)9-8-15(13)12-7-6-11(3)17-10-12/h4-10H,1-2H2,3H3. The van der Waals surface area contributed by atoms with Gasteiger partial charge in [-0.1, -0.05) is 31.4 Å². The summed E-state index contributed by atoms with van der Waals surface area (Å²) in [4.78, 5) is 14.9. The number of nitro benzene ring substituents is 1. The first-order valence-corrected chi connectivity index (χ1v) is 6.07. The van der Waals surface area contributed by atoms with E-state index in [1.807, 2.05) is 19.1 Å². The van der Waals surface area contributed by atoms with E-state index >= 15 is 0 Å². The minimum Gasteiger partial charge on any atom is -0.261 e. The van der Waals surface area contributed by atoms with Crippen molar-refractivity contribution < 1.29 is 4.92 Å². The van der Waals surface area contributed by atoms with Crippen LogP contribution in [-0.4, -0.2) is 9.91 Å². The SMILES string of the molecule is C=Cc1c(-c2ccc(C)nc2)ccc([N+](=O)[O-])c1C=C. The molecule has 0 atom stereocenters. The largest absolute Gasteiger partial charge is 0.277 e. The van der Waals surface area contributed by atoms with Gasteiger partial charge >= 0.3 is 0 Å². The summed E-state index contributed by atoms with van der Waals surface area (Å²) >= 11 is 0. The summed E-state index contributed by atoms with van der Waals surface area (Å²) in [5, 5.41) is 11.1. The molecule has 0 spiro atoms. The monoisotopic (exact) mass is 266 g/mol. The second-order valence-electron chi connectivity index (χ2n) is 4.31. The molecular formula is C16H14N2O2. The fraction of sp³-hybridized carbons (Fsp3) is 0.0625. The fourth-order valence-corrected chi connectivity index (χ4v) is 2.10. The van der Waals surface area contributed by atoms with E-state index in [-0.39, 0.29) is 5.69 Å². The predicted octanol–water partition coefficient (Wildman–Crippen LogP) is 4.25. The number of pyridine rings is 1. The third kappa shape index (κ3) is 2.36. The molecule has 0 bridgehead atoms. The van der Waals surface area contributed by atoms with Crippen molar-refractivity contribution in [1.82, 2.24) is 4.98 Å². The highest BCUT2D eigenvalue weighted by molar-refractivity contribution is 5.83. The van der Waals surface area contributed by atoms with Crippen LogP contribution in [0.5, 0.6) is 0 Å². The molecule has 0 aliphatic rings. The summed E-state index contributed by atoms with van der Waals surface area (Å²) in [6.07, 6.45) is 4.84. The Labute approximate surface area is 117 Å². The topological polar surface area (TPSA) is 56.0 Å². The second kappa shape index (κ2) is 5.48. The first-order valence-electron chi connectivity index (χ1n) is 6.07. The number of nitro groups is 1. The highest BCUT2D eigenvalue weighted by Gasteiger charge is 2.17. The Bertz CT molecular complexity index is 688. The fourth-order valence-electron chi connectivity index (χ4n) is 2.10. The Morgan fingerprint density at radius 1 is 1.15 bits per heavy atom. The molecule has 100 valence electrons. The second-order valence-corrected chi connectivity index (χ2v) is 4.31. The van der Waals surface area contributed by atoms with Crippen LogP contribution in [0.1, 0.15) is 16.8 Å². The van der Waals surface area contributed by atoms with Crippen molar-refractivity contribution in [3.63, 3.8) is 0 Å². The van der Waals surface area contributed by atoms with E-state index in [4.69, 9.17) is 0 Å². The molecule has 0 unspecified atom stereocenters. The molecule has 1 aromatic heterocycles. The van der Waals surface area contributed by atoms with Crippen molar-refractivity contribution >= 4 is 17.8 Å². The van der Waals surface area contributed by atoms with Crippen molar-refractivity contribution in [2.24, 2.45) is 0 Å². The van der Waals surface area contributed by atoms with Gasteiger partial charge < -0.3 is 0 Å². The minimum atomic E-state index is -0.415. The van der Waals surface area contributed by atoms with Gasteiger partial charge in [0.25, 0.3) is 5.69 Å². The highest BCUT2D eigenvalue weighted by Crippen LogP contribution is 2.33. The summed E-state index contributed by atoms with van der Waals surface area (Å²) in [7, 11) is 0. The van der Waals surface area contributed by atoms with Gasteiger partial charge in [-0.3, -0.25) is 15.1 Å². The van der Waals surface area contributed by atoms with Gasteiger partial charge in [0.1, 0.15) is 0 Å². The predicted molar refractivity (Wildman–Crippen MR) is 81.2 cm³/mol. The van der Waals surface area contributed by atoms with Crippen molar-refractivity contribution in [2.45, 2.75) is 6.92 Å². The molecule has 0 saturated carbocycles. The van der Waals surface area contributed by atoms with Gasteiger partial charge in [0.15, 0.2) is 0 Å². The number of hydrogen-bond donors (Lipinski definition) is 0. The van der Waals surface area contributed by atoms with E-state index in [1.54, 1.807) is 18.3 Å². The molecular weight excluding hydrogens is 252 g/mol. The molecule has 2 rings (SSSR count). The summed E-state index contributed by atoms with van der Waals surface area (Å²) in [5.41, 5.74) is 3.86. The van der Waals surface area contributed by atoms with Gasteiger partial charge in [0, 0.05) is 23.5 Å². The van der Waals surface area contributed by atoms with Crippen LogP contribution in [0, 0.1) is 17.0 Å².